The first-order valence-electron chi connectivity index (χ1n) is 7.16. The van der Waals surface area contributed by atoms with Crippen molar-refractivity contribution in [3.8, 4) is 0 Å². The lowest BCUT2D eigenvalue weighted by Gasteiger charge is -2.28. The Labute approximate surface area is 116 Å². The van der Waals surface area contributed by atoms with E-state index in [9.17, 15) is 4.79 Å². The zero-order chi connectivity index (χ0) is 11.9. The molecule has 4 heteroatoms. The first kappa shape index (κ1) is 14.1. The SMILES string of the molecule is CC1(CNC(=O)CC2CC3CCC(C2)N3)CC1.Cl. The molecule has 2 N–H and O–H groups in total. The van der Waals surface area contributed by atoms with Crippen LogP contribution in [0, 0.1) is 11.3 Å². The summed E-state index contributed by atoms with van der Waals surface area (Å²) in [6.45, 7) is 3.15. The molecule has 2 unspecified atom stereocenters. The fraction of sp³-hybridized carbons (Fsp3) is 0.929. The second-order valence-electron chi connectivity index (χ2n) is 6.77. The van der Waals surface area contributed by atoms with Crippen molar-refractivity contribution in [3.63, 3.8) is 0 Å². The zero-order valence-corrected chi connectivity index (χ0v) is 12.0. The number of rotatable bonds is 4. The highest BCUT2D eigenvalue weighted by molar-refractivity contribution is 5.85. The average molecular weight is 273 g/mol. The molecule has 0 spiro atoms. The Bertz CT molecular complexity index is 305. The van der Waals surface area contributed by atoms with Gasteiger partial charge < -0.3 is 10.6 Å². The summed E-state index contributed by atoms with van der Waals surface area (Å²) in [7, 11) is 0. The maximum absolute atomic E-state index is 11.9. The molecule has 2 bridgehead atoms. The quantitative estimate of drug-likeness (QED) is 0.824. The molecule has 1 amide bonds. The molecular formula is C14H25ClN2O. The van der Waals surface area contributed by atoms with Crippen molar-refractivity contribution in [2.24, 2.45) is 11.3 Å². The Kier molecular flexibility index (Phi) is 4.22. The van der Waals surface area contributed by atoms with E-state index in [1.54, 1.807) is 0 Å². The lowest BCUT2D eigenvalue weighted by molar-refractivity contribution is -0.122. The molecule has 18 heavy (non-hydrogen) atoms. The molecule has 2 atom stereocenters. The highest BCUT2D eigenvalue weighted by atomic mass is 35.5. The minimum Gasteiger partial charge on any atom is -0.356 e. The normalized spacial score (nSPS) is 35.7. The Hall–Kier alpha value is -0.280. The number of fused-ring (bicyclic) bond motifs is 2. The smallest absolute Gasteiger partial charge is 0.220 e. The Morgan fingerprint density at radius 3 is 2.44 bits per heavy atom. The minimum absolute atomic E-state index is 0. The van der Waals surface area contributed by atoms with Gasteiger partial charge in [0.25, 0.3) is 0 Å². The van der Waals surface area contributed by atoms with Gasteiger partial charge >= 0.3 is 0 Å². The van der Waals surface area contributed by atoms with Crippen molar-refractivity contribution in [1.29, 1.82) is 0 Å². The van der Waals surface area contributed by atoms with Crippen molar-refractivity contribution in [3.05, 3.63) is 0 Å². The highest BCUT2D eigenvalue weighted by Gasteiger charge is 2.38. The summed E-state index contributed by atoms with van der Waals surface area (Å²) in [5.41, 5.74) is 0.433. The lowest BCUT2D eigenvalue weighted by atomic mass is 9.89. The van der Waals surface area contributed by atoms with Gasteiger partial charge in [-0.15, -0.1) is 12.4 Å². The molecule has 3 rings (SSSR count). The molecule has 2 aliphatic heterocycles. The predicted octanol–water partition coefficient (Wildman–Crippen LogP) is 2.25. The van der Waals surface area contributed by atoms with Crippen LogP contribution in [-0.2, 0) is 4.79 Å². The number of hydrogen-bond acceptors (Lipinski definition) is 2. The number of carbonyl (C=O) groups is 1. The standard InChI is InChI=1S/C14H24N2O.ClH/c1-14(4-5-14)9-15-13(17)8-10-6-11-2-3-12(7-10)16-11;/h10-12,16H,2-9H2,1H3,(H,15,17);1H. The predicted molar refractivity (Wildman–Crippen MR) is 74.9 cm³/mol. The summed E-state index contributed by atoms with van der Waals surface area (Å²) in [4.78, 5) is 11.9. The summed E-state index contributed by atoms with van der Waals surface area (Å²) in [5.74, 6) is 0.908. The van der Waals surface area contributed by atoms with Gasteiger partial charge in [-0.2, -0.15) is 0 Å². The fourth-order valence-corrected chi connectivity index (χ4v) is 3.38. The molecule has 2 saturated heterocycles. The van der Waals surface area contributed by atoms with Crippen molar-refractivity contribution in [2.75, 3.05) is 6.54 Å². The molecule has 3 aliphatic rings. The van der Waals surface area contributed by atoms with E-state index >= 15 is 0 Å². The van der Waals surface area contributed by atoms with E-state index in [-0.39, 0.29) is 18.3 Å². The molecule has 0 aromatic heterocycles. The monoisotopic (exact) mass is 272 g/mol. The van der Waals surface area contributed by atoms with Crippen LogP contribution < -0.4 is 10.6 Å². The van der Waals surface area contributed by atoms with E-state index in [1.807, 2.05) is 0 Å². The third kappa shape index (κ3) is 3.39. The molecule has 3 nitrogen and oxygen atoms in total. The number of amides is 1. The summed E-state index contributed by atoms with van der Waals surface area (Å²) in [5, 5.41) is 6.75. The lowest BCUT2D eigenvalue weighted by Crippen LogP contribution is -2.40. The second-order valence-corrected chi connectivity index (χ2v) is 6.77. The molecular weight excluding hydrogens is 248 g/mol. The average Bonchev–Trinajstić information content (AvgIpc) is 2.93. The molecule has 104 valence electrons. The molecule has 0 aromatic rings. The van der Waals surface area contributed by atoms with Crippen molar-refractivity contribution < 1.29 is 4.79 Å². The van der Waals surface area contributed by atoms with Gasteiger partial charge in [-0.3, -0.25) is 4.79 Å². The Balaban J connectivity index is 0.00000120. The molecule has 3 fully saturated rings. The largest absolute Gasteiger partial charge is 0.356 e. The summed E-state index contributed by atoms with van der Waals surface area (Å²) < 4.78 is 0. The maximum Gasteiger partial charge on any atom is 0.220 e. The number of halogens is 1. The van der Waals surface area contributed by atoms with E-state index in [0.717, 1.165) is 13.0 Å². The summed E-state index contributed by atoms with van der Waals surface area (Å²) >= 11 is 0. The zero-order valence-electron chi connectivity index (χ0n) is 11.2. The number of carbonyl (C=O) groups excluding carboxylic acids is 1. The van der Waals surface area contributed by atoms with Gasteiger partial charge in [0.05, 0.1) is 0 Å². The third-order valence-corrected chi connectivity index (χ3v) is 4.86. The third-order valence-electron chi connectivity index (χ3n) is 4.86. The van der Waals surface area contributed by atoms with Crippen LogP contribution in [0.5, 0.6) is 0 Å². The van der Waals surface area contributed by atoms with E-state index < -0.39 is 0 Å². The van der Waals surface area contributed by atoms with E-state index in [2.05, 4.69) is 17.6 Å². The second kappa shape index (κ2) is 5.38. The first-order chi connectivity index (χ1) is 8.13. The number of piperidine rings is 1. The van der Waals surface area contributed by atoms with Crippen molar-refractivity contribution >= 4 is 18.3 Å². The van der Waals surface area contributed by atoms with E-state index in [1.165, 1.54) is 38.5 Å². The number of hydrogen-bond donors (Lipinski definition) is 2. The van der Waals surface area contributed by atoms with Crippen LogP contribution >= 0.6 is 12.4 Å². The van der Waals surface area contributed by atoms with Crippen LogP contribution in [0.15, 0.2) is 0 Å². The van der Waals surface area contributed by atoms with Gasteiger partial charge in [-0.25, -0.2) is 0 Å². The fourth-order valence-electron chi connectivity index (χ4n) is 3.38. The van der Waals surface area contributed by atoms with E-state index in [0.29, 0.717) is 23.4 Å². The van der Waals surface area contributed by atoms with Crippen LogP contribution in [0.3, 0.4) is 0 Å². The van der Waals surface area contributed by atoms with Crippen molar-refractivity contribution in [2.45, 2.75) is 64.0 Å². The van der Waals surface area contributed by atoms with Gasteiger partial charge in [-0.1, -0.05) is 6.92 Å². The first-order valence-corrected chi connectivity index (χ1v) is 7.16. The minimum atomic E-state index is 0. The van der Waals surface area contributed by atoms with Crippen LogP contribution in [0.4, 0.5) is 0 Å². The van der Waals surface area contributed by atoms with Gasteiger partial charge in [-0.05, 0) is 49.9 Å². The van der Waals surface area contributed by atoms with Gasteiger partial charge in [0, 0.05) is 25.0 Å². The highest BCUT2D eigenvalue weighted by Crippen LogP contribution is 2.44. The maximum atomic E-state index is 11.9. The molecule has 1 saturated carbocycles. The van der Waals surface area contributed by atoms with Crippen molar-refractivity contribution in [1.82, 2.24) is 10.6 Å². The van der Waals surface area contributed by atoms with Crippen LogP contribution in [-0.4, -0.2) is 24.5 Å². The van der Waals surface area contributed by atoms with Gasteiger partial charge in [0.2, 0.25) is 5.91 Å². The van der Waals surface area contributed by atoms with Gasteiger partial charge in [0.1, 0.15) is 0 Å². The Morgan fingerprint density at radius 1 is 1.28 bits per heavy atom. The molecule has 0 aromatic carbocycles. The topological polar surface area (TPSA) is 41.1 Å². The molecule has 1 aliphatic carbocycles. The molecule has 0 radical (unpaired) electrons. The molecule has 2 heterocycles. The summed E-state index contributed by atoms with van der Waals surface area (Å²) in [6.07, 6.45) is 8.38. The van der Waals surface area contributed by atoms with Crippen LogP contribution in [0.1, 0.15) is 51.9 Å². The number of nitrogens with one attached hydrogen (secondary N) is 2. The van der Waals surface area contributed by atoms with Gasteiger partial charge in [0.15, 0.2) is 0 Å². The summed E-state index contributed by atoms with van der Waals surface area (Å²) in [6, 6.07) is 1.40. The van der Waals surface area contributed by atoms with E-state index in [4.69, 9.17) is 0 Å². The Morgan fingerprint density at radius 2 is 1.89 bits per heavy atom. The van der Waals surface area contributed by atoms with Crippen LogP contribution in [0.25, 0.3) is 0 Å². The van der Waals surface area contributed by atoms with Crippen LogP contribution in [0.2, 0.25) is 0 Å².